The summed E-state index contributed by atoms with van der Waals surface area (Å²) in [6.07, 6.45) is -3.66. The number of carbonyl (C=O) groups is 2. The van der Waals surface area contributed by atoms with Gasteiger partial charge in [0.2, 0.25) is 11.8 Å². The van der Waals surface area contributed by atoms with Gasteiger partial charge in [-0.25, -0.2) is 0 Å². The lowest BCUT2D eigenvalue weighted by atomic mass is 9.94. The van der Waals surface area contributed by atoms with Gasteiger partial charge in [0, 0.05) is 13.8 Å². The number of hydrogen-bond donors (Lipinski definition) is 5. The minimum atomic E-state index is -1.45. The summed E-state index contributed by atoms with van der Waals surface area (Å²) < 4.78 is 5.05. The highest BCUT2D eigenvalue weighted by Gasteiger charge is 2.45. The molecular weight excluding hydrogens is 244 g/mol. The molecule has 0 radical (unpaired) electrons. The zero-order valence-corrected chi connectivity index (χ0v) is 10.2. The third-order valence-corrected chi connectivity index (χ3v) is 2.68. The molecule has 0 aliphatic carbocycles. The first-order chi connectivity index (χ1) is 8.36. The van der Waals surface area contributed by atoms with E-state index in [-0.39, 0.29) is 0 Å². The lowest BCUT2D eigenvalue weighted by Gasteiger charge is -2.42. The maximum atomic E-state index is 11.0. The maximum absolute atomic E-state index is 11.0. The molecule has 1 aliphatic heterocycles. The van der Waals surface area contributed by atoms with Gasteiger partial charge < -0.3 is 30.7 Å². The van der Waals surface area contributed by atoms with Gasteiger partial charge in [0.25, 0.3) is 0 Å². The predicted octanol–water partition coefficient (Wildman–Crippen LogP) is -2.93. The monoisotopic (exact) mass is 262 g/mol. The van der Waals surface area contributed by atoms with Crippen molar-refractivity contribution in [3.63, 3.8) is 0 Å². The Labute approximate surface area is 104 Å². The van der Waals surface area contributed by atoms with Crippen LogP contribution in [0.5, 0.6) is 0 Å². The SMILES string of the molecule is CC(=O)NC1[C@H](O)OC(CO)[C@@H](NC(C)=O)[C@@H]1O. The Hall–Kier alpha value is -1.22. The Morgan fingerprint density at radius 3 is 2.06 bits per heavy atom. The standard InChI is InChI=1S/C10H18N2O6/c1-4(14)11-7-6(3-13)18-10(17)8(9(7)16)12-5(2)15/h6-10,13,16-17H,3H2,1-2H3,(H,11,14)(H,12,15)/t6?,7-,8?,9+,10-/m1/s1. The van der Waals surface area contributed by atoms with Crippen molar-refractivity contribution in [1.82, 2.24) is 10.6 Å². The van der Waals surface area contributed by atoms with E-state index in [9.17, 15) is 19.8 Å². The molecule has 0 aromatic rings. The smallest absolute Gasteiger partial charge is 0.217 e. The van der Waals surface area contributed by atoms with Crippen LogP contribution >= 0.6 is 0 Å². The number of aliphatic hydroxyl groups is 3. The molecule has 104 valence electrons. The second-order valence-corrected chi connectivity index (χ2v) is 4.19. The van der Waals surface area contributed by atoms with Gasteiger partial charge in [-0.1, -0.05) is 0 Å². The lowest BCUT2D eigenvalue weighted by Crippen LogP contribution is -2.68. The average molecular weight is 262 g/mol. The Kier molecular flexibility index (Phi) is 5.03. The fourth-order valence-corrected chi connectivity index (χ4v) is 1.92. The molecule has 0 aromatic heterocycles. The molecule has 1 fully saturated rings. The summed E-state index contributed by atoms with van der Waals surface area (Å²) >= 11 is 0. The number of aliphatic hydroxyl groups excluding tert-OH is 3. The van der Waals surface area contributed by atoms with Crippen LogP contribution in [0.15, 0.2) is 0 Å². The number of carbonyl (C=O) groups excluding carboxylic acids is 2. The van der Waals surface area contributed by atoms with Crippen LogP contribution in [0, 0.1) is 0 Å². The summed E-state index contributed by atoms with van der Waals surface area (Å²) in [4.78, 5) is 22.0. The highest BCUT2D eigenvalue weighted by atomic mass is 16.6. The van der Waals surface area contributed by atoms with Gasteiger partial charge in [-0.15, -0.1) is 0 Å². The lowest BCUT2D eigenvalue weighted by molar-refractivity contribution is -0.226. The van der Waals surface area contributed by atoms with Gasteiger partial charge in [0.15, 0.2) is 6.29 Å². The molecule has 2 amide bonds. The summed E-state index contributed by atoms with van der Waals surface area (Å²) in [6.45, 7) is 2.00. The second-order valence-electron chi connectivity index (χ2n) is 4.19. The van der Waals surface area contributed by atoms with Crippen molar-refractivity contribution in [3.05, 3.63) is 0 Å². The van der Waals surface area contributed by atoms with E-state index < -0.39 is 49.0 Å². The zero-order valence-electron chi connectivity index (χ0n) is 10.2. The molecule has 5 atom stereocenters. The third-order valence-electron chi connectivity index (χ3n) is 2.68. The zero-order chi connectivity index (χ0) is 13.9. The highest BCUT2D eigenvalue weighted by molar-refractivity contribution is 5.74. The molecule has 8 nitrogen and oxygen atoms in total. The van der Waals surface area contributed by atoms with E-state index in [1.165, 1.54) is 13.8 Å². The van der Waals surface area contributed by atoms with Gasteiger partial charge >= 0.3 is 0 Å². The van der Waals surface area contributed by atoms with E-state index in [4.69, 9.17) is 9.84 Å². The van der Waals surface area contributed by atoms with Crippen molar-refractivity contribution in [2.75, 3.05) is 6.61 Å². The van der Waals surface area contributed by atoms with Crippen LogP contribution in [0.1, 0.15) is 13.8 Å². The van der Waals surface area contributed by atoms with Crippen molar-refractivity contribution in [2.24, 2.45) is 0 Å². The normalized spacial score (nSPS) is 35.9. The number of hydrogen-bond acceptors (Lipinski definition) is 6. The van der Waals surface area contributed by atoms with E-state index in [0.717, 1.165) is 0 Å². The summed E-state index contributed by atoms with van der Waals surface area (Å²) in [5.41, 5.74) is 0. The van der Waals surface area contributed by atoms with Crippen LogP contribution in [-0.2, 0) is 14.3 Å². The Bertz CT molecular complexity index is 323. The molecule has 18 heavy (non-hydrogen) atoms. The van der Waals surface area contributed by atoms with Crippen LogP contribution in [0.25, 0.3) is 0 Å². The Morgan fingerprint density at radius 2 is 1.61 bits per heavy atom. The number of amides is 2. The maximum Gasteiger partial charge on any atom is 0.217 e. The molecule has 0 spiro atoms. The fraction of sp³-hybridized carbons (Fsp3) is 0.800. The molecule has 0 aromatic carbocycles. The van der Waals surface area contributed by atoms with E-state index >= 15 is 0 Å². The summed E-state index contributed by atoms with van der Waals surface area (Å²) in [7, 11) is 0. The van der Waals surface area contributed by atoms with E-state index in [0.29, 0.717) is 0 Å². The van der Waals surface area contributed by atoms with Crippen LogP contribution in [-0.4, -0.2) is 64.3 Å². The van der Waals surface area contributed by atoms with Crippen LogP contribution in [0.4, 0.5) is 0 Å². The number of nitrogens with one attached hydrogen (secondary N) is 2. The van der Waals surface area contributed by atoms with E-state index in [2.05, 4.69) is 10.6 Å². The van der Waals surface area contributed by atoms with E-state index in [1.807, 2.05) is 0 Å². The molecular formula is C10H18N2O6. The van der Waals surface area contributed by atoms with Crippen molar-refractivity contribution >= 4 is 11.8 Å². The Balaban J connectivity index is 2.84. The van der Waals surface area contributed by atoms with Gasteiger partial charge in [-0.2, -0.15) is 0 Å². The topological polar surface area (TPSA) is 128 Å². The molecule has 1 heterocycles. The fourth-order valence-electron chi connectivity index (χ4n) is 1.92. The minimum Gasteiger partial charge on any atom is -0.394 e. The highest BCUT2D eigenvalue weighted by Crippen LogP contribution is 2.19. The first kappa shape index (κ1) is 14.8. The largest absolute Gasteiger partial charge is 0.394 e. The van der Waals surface area contributed by atoms with E-state index in [1.54, 1.807) is 0 Å². The summed E-state index contributed by atoms with van der Waals surface area (Å²) in [5.74, 6) is -0.871. The summed E-state index contributed by atoms with van der Waals surface area (Å²) in [5, 5.41) is 33.5. The van der Waals surface area contributed by atoms with Gasteiger partial charge in [0.05, 0.1) is 12.6 Å². The minimum absolute atomic E-state index is 0.418. The quantitative estimate of drug-likeness (QED) is 0.370. The molecule has 0 bridgehead atoms. The van der Waals surface area contributed by atoms with Crippen molar-refractivity contribution in [1.29, 1.82) is 0 Å². The van der Waals surface area contributed by atoms with Crippen LogP contribution < -0.4 is 10.6 Å². The third kappa shape index (κ3) is 3.39. The van der Waals surface area contributed by atoms with Crippen molar-refractivity contribution < 1.29 is 29.6 Å². The van der Waals surface area contributed by atoms with Crippen molar-refractivity contribution in [2.45, 2.75) is 44.4 Å². The molecule has 1 rings (SSSR count). The van der Waals surface area contributed by atoms with Crippen LogP contribution in [0.2, 0.25) is 0 Å². The molecule has 5 N–H and O–H groups in total. The van der Waals surface area contributed by atoms with Gasteiger partial charge in [-0.05, 0) is 0 Å². The predicted molar refractivity (Wildman–Crippen MR) is 59.2 cm³/mol. The number of ether oxygens (including phenoxy) is 1. The average Bonchev–Trinajstić information content (AvgIpc) is 2.27. The molecule has 0 saturated carbocycles. The van der Waals surface area contributed by atoms with Crippen molar-refractivity contribution in [3.8, 4) is 0 Å². The van der Waals surface area contributed by atoms with Gasteiger partial charge in [0.1, 0.15) is 18.2 Å². The van der Waals surface area contributed by atoms with Gasteiger partial charge in [-0.3, -0.25) is 9.59 Å². The second kappa shape index (κ2) is 6.10. The molecule has 2 unspecified atom stereocenters. The number of rotatable bonds is 3. The molecule has 1 aliphatic rings. The van der Waals surface area contributed by atoms with Crippen LogP contribution in [0.3, 0.4) is 0 Å². The summed E-state index contributed by atoms with van der Waals surface area (Å²) in [6, 6.07) is -1.98. The Morgan fingerprint density at radius 1 is 1.11 bits per heavy atom. The first-order valence-electron chi connectivity index (χ1n) is 5.53. The molecule has 8 heteroatoms. The molecule has 1 saturated heterocycles. The first-order valence-corrected chi connectivity index (χ1v) is 5.53.